The first-order valence-corrected chi connectivity index (χ1v) is 5.80. The van der Waals surface area contributed by atoms with Crippen molar-refractivity contribution in [1.82, 2.24) is 10.2 Å². The molecule has 0 amide bonds. The van der Waals surface area contributed by atoms with E-state index in [9.17, 15) is 0 Å². The minimum Gasteiger partial charge on any atom is -0.421 e. The number of nitrogens with zero attached hydrogens (tertiary/aromatic N) is 5. The number of hydrogen-bond donors (Lipinski definition) is 1. The van der Waals surface area contributed by atoms with Crippen molar-refractivity contribution in [3.8, 4) is 29.7 Å². The zero-order valence-corrected chi connectivity index (χ0v) is 11.0. The minimum atomic E-state index is -0.281. The summed E-state index contributed by atoms with van der Waals surface area (Å²) in [4.78, 5) is 0. The molecule has 1 aromatic carbocycles. The SMILES string of the molecule is Cc1nnc(-c2cccc(NC(C#N)=C(C#N)C#N)c2)o1. The highest BCUT2D eigenvalue weighted by Gasteiger charge is 2.09. The van der Waals surface area contributed by atoms with Gasteiger partial charge in [-0.05, 0) is 18.2 Å². The van der Waals surface area contributed by atoms with Crippen LogP contribution in [0.3, 0.4) is 0 Å². The molecule has 0 bridgehead atoms. The fraction of sp³-hybridized carbons (Fsp3) is 0.0714. The number of nitrogens with one attached hydrogen (secondary N) is 1. The van der Waals surface area contributed by atoms with E-state index in [4.69, 9.17) is 20.2 Å². The van der Waals surface area contributed by atoms with E-state index in [1.807, 2.05) is 0 Å². The van der Waals surface area contributed by atoms with Gasteiger partial charge in [-0.25, -0.2) is 0 Å². The molecule has 1 heterocycles. The van der Waals surface area contributed by atoms with Gasteiger partial charge >= 0.3 is 0 Å². The van der Waals surface area contributed by atoms with E-state index in [1.54, 1.807) is 49.4 Å². The molecule has 7 nitrogen and oxygen atoms in total. The van der Waals surface area contributed by atoms with Crippen LogP contribution in [0.4, 0.5) is 5.69 Å². The van der Waals surface area contributed by atoms with Crippen molar-refractivity contribution in [1.29, 1.82) is 15.8 Å². The monoisotopic (exact) mass is 276 g/mol. The van der Waals surface area contributed by atoms with Gasteiger partial charge in [0, 0.05) is 18.2 Å². The Morgan fingerprint density at radius 3 is 2.48 bits per heavy atom. The highest BCUT2D eigenvalue weighted by Crippen LogP contribution is 2.22. The largest absolute Gasteiger partial charge is 0.421 e. The Labute approximate surface area is 120 Å². The van der Waals surface area contributed by atoms with Crippen LogP contribution in [-0.2, 0) is 0 Å². The summed E-state index contributed by atoms with van der Waals surface area (Å²) in [6.07, 6.45) is 0. The Morgan fingerprint density at radius 1 is 1.14 bits per heavy atom. The van der Waals surface area contributed by atoms with Gasteiger partial charge in [0.2, 0.25) is 11.8 Å². The van der Waals surface area contributed by atoms with Crippen LogP contribution in [-0.4, -0.2) is 10.2 Å². The van der Waals surface area contributed by atoms with E-state index >= 15 is 0 Å². The number of aromatic nitrogens is 2. The van der Waals surface area contributed by atoms with Crippen molar-refractivity contribution in [2.45, 2.75) is 6.92 Å². The number of aryl methyl sites for hydroxylation is 1. The fourth-order valence-electron chi connectivity index (χ4n) is 1.57. The quantitative estimate of drug-likeness (QED) is 0.853. The topological polar surface area (TPSA) is 122 Å². The molecule has 2 rings (SSSR count). The van der Waals surface area contributed by atoms with Crippen molar-refractivity contribution in [2.75, 3.05) is 5.32 Å². The van der Waals surface area contributed by atoms with Crippen LogP contribution in [0.15, 0.2) is 40.0 Å². The standard InChI is InChI=1S/C14H8N6O/c1-9-19-20-14(21-9)10-3-2-4-12(5-10)18-13(8-17)11(6-15)7-16/h2-5,18H,1H3. The van der Waals surface area contributed by atoms with E-state index in [2.05, 4.69) is 15.5 Å². The Hall–Kier alpha value is -3.63. The molecule has 0 saturated carbocycles. The number of anilines is 1. The van der Waals surface area contributed by atoms with Gasteiger partial charge in [-0.15, -0.1) is 10.2 Å². The summed E-state index contributed by atoms with van der Waals surface area (Å²) in [7, 11) is 0. The van der Waals surface area contributed by atoms with Crippen LogP contribution >= 0.6 is 0 Å². The maximum atomic E-state index is 9.00. The fourth-order valence-corrected chi connectivity index (χ4v) is 1.57. The molecule has 0 aliphatic heterocycles. The molecule has 7 heteroatoms. The maximum Gasteiger partial charge on any atom is 0.247 e. The van der Waals surface area contributed by atoms with Gasteiger partial charge in [0.1, 0.15) is 23.9 Å². The van der Waals surface area contributed by atoms with Crippen LogP contribution in [0.5, 0.6) is 0 Å². The predicted molar refractivity (Wildman–Crippen MR) is 72.0 cm³/mol. The van der Waals surface area contributed by atoms with Crippen molar-refractivity contribution in [3.63, 3.8) is 0 Å². The molecule has 0 saturated heterocycles. The van der Waals surface area contributed by atoms with Gasteiger partial charge in [0.25, 0.3) is 0 Å². The van der Waals surface area contributed by atoms with Gasteiger partial charge in [-0.3, -0.25) is 0 Å². The van der Waals surface area contributed by atoms with Crippen LogP contribution < -0.4 is 5.32 Å². The maximum absolute atomic E-state index is 9.00. The molecule has 100 valence electrons. The third-order valence-electron chi connectivity index (χ3n) is 2.49. The Bertz CT molecular complexity index is 812. The van der Waals surface area contributed by atoms with E-state index in [-0.39, 0.29) is 11.3 Å². The average molecular weight is 276 g/mol. The molecule has 0 atom stereocenters. The number of allylic oxidation sites excluding steroid dienone is 2. The molecule has 0 unspecified atom stereocenters. The van der Waals surface area contributed by atoms with E-state index in [0.29, 0.717) is 23.0 Å². The molecule has 0 aliphatic rings. The van der Waals surface area contributed by atoms with E-state index < -0.39 is 0 Å². The lowest BCUT2D eigenvalue weighted by molar-refractivity contribution is 0.533. The highest BCUT2D eigenvalue weighted by atomic mass is 16.4. The summed E-state index contributed by atoms with van der Waals surface area (Å²) in [6.45, 7) is 1.68. The molecular weight excluding hydrogens is 268 g/mol. The second kappa shape index (κ2) is 6.01. The highest BCUT2D eigenvalue weighted by molar-refractivity contribution is 5.65. The summed E-state index contributed by atoms with van der Waals surface area (Å²) < 4.78 is 5.31. The number of hydrogen-bond acceptors (Lipinski definition) is 7. The summed E-state index contributed by atoms with van der Waals surface area (Å²) in [5.74, 6) is 0.789. The van der Waals surface area contributed by atoms with Gasteiger partial charge < -0.3 is 9.73 Å². The molecular formula is C14H8N6O. The predicted octanol–water partition coefficient (Wildman–Crippen LogP) is 2.28. The van der Waals surface area contributed by atoms with Gasteiger partial charge in [-0.1, -0.05) is 6.07 Å². The zero-order valence-electron chi connectivity index (χ0n) is 11.0. The van der Waals surface area contributed by atoms with Gasteiger partial charge in [0.15, 0.2) is 5.57 Å². The summed E-state index contributed by atoms with van der Waals surface area (Å²) in [5.41, 5.74) is 0.798. The molecule has 2 aromatic rings. The first-order valence-electron chi connectivity index (χ1n) is 5.80. The number of rotatable bonds is 3. The second-order valence-corrected chi connectivity index (χ2v) is 3.92. The lowest BCUT2D eigenvalue weighted by Gasteiger charge is -2.05. The number of benzene rings is 1. The van der Waals surface area contributed by atoms with E-state index in [0.717, 1.165) is 0 Å². The Morgan fingerprint density at radius 2 is 1.90 bits per heavy atom. The van der Waals surface area contributed by atoms with E-state index in [1.165, 1.54) is 0 Å². The van der Waals surface area contributed by atoms with Crippen LogP contribution in [0.25, 0.3) is 11.5 Å². The van der Waals surface area contributed by atoms with Crippen molar-refractivity contribution in [2.24, 2.45) is 0 Å². The van der Waals surface area contributed by atoms with Gasteiger partial charge in [-0.2, -0.15) is 15.8 Å². The lowest BCUT2D eigenvalue weighted by atomic mass is 10.2. The van der Waals surface area contributed by atoms with Crippen molar-refractivity contribution in [3.05, 3.63) is 41.4 Å². The molecule has 0 fully saturated rings. The third-order valence-corrected chi connectivity index (χ3v) is 2.49. The summed E-state index contributed by atoms with van der Waals surface area (Å²) in [5, 5.41) is 36.9. The minimum absolute atomic E-state index is 0.112. The van der Waals surface area contributed by atoms with Crippen molar-refractivity contribution >= 4 is 5.69 Å². The lowest BCUT2D eigenvalue weighted by Crippen LogP contribution is -2.00. The normalized spacial score (nSPS) is 9.05. The molecule has 21 heavy (non-hydrogen) atoms. The average Bonchev–Trinajstić information content (AvgIpc) is 2.94. The Kier molecular flexibility index (Phi) is 3.95. The van der Waals surface area contributed by atoms with Crippen LogP contribution in [0, 0.1) is 40.9 Å². The van der Waals surface area contributed by atoms with Gasteiger partial charge in [0.05, 0.1) is 0 Å². The molecule has 0 spiro atoms. The van der Waals surface area contributed by atoms with Crippen LogP contribution in [0.2, 0.25) is 0 Å². The Balaban J connectivity index is 2.36. The zero-order chi connectivity index (χ0) is 15.2. The molecule has 0 radical (unpaired) electrons. The smallest absolute Gasteiger partial charge is 0.247 e. The second-order valence-electron chi connectivity index (χ2n) is 3.92. The van der Waals surface area contributed by atoms with Crippen molar-refractivity contribution < 1.29 is 4.42 Å². The summed E-state index contributed by atoms with van der Waals surface area (Å²) in [6, 6.07) is 12.0. The summed E-state index contributed by atoms with van der Waals surface area (Å²) >= 11 is 0. The first-order chi connectivity index (χ1) is 10.2. The molecule has 1 N–H and O–H groups in total. The first kappa shape index (κ1) is 13.8. The third kappa shape index (κ3) is 3.04. The molecule has 0 aliphatic carbocycles. The number of nitriles is 3. The van der Waals surface area contributed by atoms with Crippen LogP contribution in [0.1, 0.15) is 5.89 Å². The molecule has 1 aromatic heterocycles.